The first-order valence-corrected chi connectivity index (χ1v) is 13.6. The van der Waals surface area contributed by atoms with Crippen LogP contribution in [0.1, 0.15) is 84.1 Å². The number of piperidine rings is 1. The Labute approximate surface area is 198 Å². The van der Waals surface area contributed by atoms with Crippen molar-refractivity contribution < 1.29 is 8.87 Å². The van der Waals surface area contributed by atoms with E-state index >= 15 is 0 Å². The van der Waals surface area contributed by atoms with Gasteiger partial charge in [-0.15, -0.1) is 0 Å². The smallest absolute Gasteiger partial charge is 0.123 e. The topological polar surface area (TPSA) is 15.3 Å². The van der Waals surface area contributed by atoms with Crippen LogP contribution in [-0.4, -0.2) is 68.3 Å². The maximum absolute atomic E-state index is 13.5. The lowest BCUT2D eigenvalue weighted by Gasteiger charge is -2.40. The number of nitrogens with one attached hydrogen (secondary N) is 1. The molecule has 0 unspecified atom stereocenters. The zero-order chi connectivity index (χ0) is 23.2. The van der Waals surface area contributed by atoms with E-state index in [0.29, 0.717) is 11.8 Å². The van der Waals surface area contributed by atoms with Gasteiger partial charge in [-0.1, -0.05) is 52.7 Å². The maximum atomic E-state index is 13.5. The molecule has 0 spiro atoms. The van der Waals surface area contributed by atoms with E-state index in [-0.39, 0.29) is 5.82 Å². The van der Waals surface area contributed by atoms with E-state index in [2.05, 4.69) is 37.9 Å². The highest BCUT2D eigenvalue weighted by molar-refractivity contribution is 5.22. The van der Waals surface area contributed by atoms with Crippen LogP contribution in [0, 0.1) is 11.7 Å². The van der Waals surface area contributed by atoms with E-state index in [0.717, 1.165) is 19.6 Å². The molecule has 0 aromatic heterocycles. The van der Waals surface area contributed by atoms with Gasteiger partial charge in [0.25, 0.3) is 0 Å². The summed E-state index contributed by atoms with van der Waals surface area (Å²) in [5.74, 6) is 1.00. The van der Waals surface area contributed by atoms with Gasteiger partial charge >= 0.3 is 0 Å². The largest absolute Gasteiger partial charge is 0.323 e. The molecule has 184 valence electrons. The number of nitrogens with zero attached hydrogens (tertiary/aromatic N) is 2. The summed E-state index contributed by atoms with van der Waals surface area (Å²) >= 11 is 0. The van der Waals surface area contributed by atoms with Crippen LogP contribution in [0.15, 0.2) is 24.3 Å². The highest BCUT2D eigenvalue weighted by Gasteiger charge is 2.30. The van der Waals surface area contributed by atoms with E-state index < -0.39 is 0 Å². The molecule has 0 amide bonds. The third-order valence-corrected chi connectivity index (χ3v) is 7.46. The Hall–Kier alpha value is -0.970. The van der Waals surface area contributed by atoms with Crippen molar-refractivity contribution in [3.05, 3.63) is 35.6 Å². The van der Waals surface area contributed by atoms with Crippen LogP contribution in [0.3, 0.4) is 0 Å². The first kappa shape index (κ1) is 27.3. The first-order chi connectivity index (χ1) is 15.6. The fraction of sp³-hybridized carbons (Fsp3) is 0.786. The fourth-order valence-electron chi connectivity index (χ4n) is 5.95. The second-order valence-corrected chi connectivity index (χ2v) is 10.2. The molecule has 2 rings (SSSR count). The number of benzene rings is 1. The second kappa shape index (κ2) is 15.0. The normalized spacial score (nSPS) is 20.0. The van der Waals surface area contributed by atoms with Crippen LogP contribution in [0.4, 0.5) is 4.39 Å². The molecule has 32 heavy (non-hydrogen) atoms. The van der Waals surface area contributed by atoms with E-state index in [4.69, 9.17) is 0 Å². The summed E-state index contributed by atoms with van der Waals surface area (Å²) in [5.41, 5.74) is 1.32. The Kier molecular flexibility index (Phi) is 12.8. The molecule has 1 aromatic rings. The lowest BCUT2D eigenvalue weighted by atomic mass is 9.80. The predicted molar refractivity (Wildman–Crippen MR) is 137 cm³/mol. The van der Waals surface area contributed by atoms with Gasteiger partial charge in [0.05, 0.1) is 26.2 Å². The van der Waals surface area contributed by atoms with Crippen LogP contribution in [0.5, 0.6) is 0 Å². The van der Waals surface area contributed by atoms with Crippen molar-refractivity contribution in [2.75, 3.05) is 58.9 Å². The van der Waals surface area contributed by atoms with Gasteiger partial charge in [0.1, 0.15) is 5.82 Å². The molecule has 0 aliphatic carbocycles. The van der Waals surface area contributed by atoms with Crippen LogP contribution in [-0.2, 0) is 0 Å². The van der Waals surface area contributed by atoms with E-state index in [1.54, 1.807) is 12.1 Å². The summed E-state index contributed by atoms with van der Waals surface area (Å²) in [5, 5.41) is 3.87. The fourth-order valence-corrected chi connectivity index (χ4v) is 5.95. The minimum absolute atomic E-state index is 0.127. The molecule has 1 fully saturated rings. The molecule has 4 heteroatoms. The van der Waals surface area contributed by atoms with Gasteiger partial charge < -0.3 is 14.7 Å². The quantitative estimate of drug-likeness (QED) is 0.244. The first-order valence-electron chi connectivity index (χ1n) is 13.6. The zero-order valence-corrected chi connectivity index (χ0v) is 21.6. The van der Waals surface area contributed by atoms with Gasteiger partial charge in [-0.25, -0.2) is 4.39 Å². The Morgan fingerprint density at radius 3 is 2.16 bits per heavy atom. The van der Waals surface area contributed by atoms with Gasteiger partial charge in [0.2, 0.25) is 0 Å². The molecule has 1 aromatic carbocycles. The lowest BCUT2D eigenvalue weighted by molar-refractivity contribution is -0.927. The molecule has 0 bridgehead atoms. The molecule has 2 atom stereocenters. The molecular weight excluding hydrogens is 397 g/mol. The predicted octanol–water partition coefficient (Wildman–Crippen LogP) is 6.06. The van der Waals surface area contributed by atoms with E-state index in [1.807, 2.05) is 12.1 Å². The Morgan fingerprint density at radius 2 is 1.56 bits per heavy atom. The number of unbranched alkanes of at least 4 members (excludes halogenated alkanes) is 2. The molecule has 1 saturated heterocycles. The van der Waals surface area contributed by atoms with Crippen molar-refractivity contribution in [2.45, 2.75) is 78.6 Å². The van der Waals surface area contributed by atoms with Crippen LogP contribution >= 0.6 is 0 Å². The molecule has 1 aliphatic rings. The van der Waals surface area contributed by atoms with Gasteiger partial charge in [0, 0.05) is 13.1 Å². The van der Waals surface area contributed by atoms with Crippen LogP contribution < -0.4 is 5.32 Å². The number of hydrogen-bond donors (Lipinski definition) is 1. The van der Waals surface area contributed by atoms with Gasteiger partial charge in [-0.2, -0.15) is 0 Å². The number of hydrogen-bond acceptors (Lipinski definition) is 2. The van der Waals surface area contributed by atoms with Gasteiger partial charge in [-0.05, 0) is 81.3 Å². The molecular formula is C28H51FN3+. The third kappa shape index (κ3) is 8.76. The van der Waals surface area contributed by atoms with Gasteiger partial charge in [-0.3, -0.25) is 0 Å². The summed E-state index contributed by atoms with van der Waals surface area (Å²) in [7, 11) is 0. The minimum atomic E-state index is -0.127. The van der Waals surface area contributed by atoms with E-state index in [1.165, 1.54) is 94.3 Å². The summed E-state index contributed by atoms with van der Waals surface area (Å²) in [6, 6.07) is 7.32. The van der Waals surface area contributed by atoms with Crippen molar-refractivity contribution in [2.24, 2.45) is 5.92 Å². The molecule has 3 nitrogen and oxygen atoms in total. The van der Waals surface area contributed by atoms with Crippen molar-refractivity contribution in [1.29, 1.82) is 0 Å². The molecule has 1 heterocycles. The summed E-state index contributed by atoms with van der Waals surface area (Å²) in [6.07, 6.45) is 8.90. The molecule has 0 radical (unpaired) electrons. The Bertz CT molecular complexity index is 586. The lowest BCUT2D eigenvalue weighted by Crippen LogP contribution is -2.53. The monoisotopic (exact) mass is 448 g/mol. The number of likely N-dealkylation sites (tertiary alicyclic amines) is 1. The third-order valence-electron chi connectivity index (χ3n) is 7.46. The molecule has 1 N–H and O–H groups in total. The SMILES string of the molecule is CCCCCN1CC[C@H](c2ccc(F)cc2)[C@@H](CNCC[N+](CCC)(CCC)CCC)C1. The number of halogens is 1. The average Bonchev–Trinajstić information content (AvgIpc) is 2.78. The van der Waals surface area contributed by atoms with Crippen LogP contribution in [0.25, 0.3) is 0 Å². The van der Waals surface area contributed by atoms with Crippen LogP contribution in [0.2, 0.25) is 0 Å². The highest BCUT2D eigenvalue weighted by Crippen LogP contribution is 2.33. The van der Waals surface area contributed by atoms with Gasteiger partial charge in [0.15, 0.2) is 0 Å². The highest BCUT2D eigenvalue weighted by atomic mass is 19.1. The Balaban J connectivity index is 1.97. The summed E-state index contributed by atoms with van der Waals surface area (Å²) < 4.78 is 14.8. The maximum Gasteiger partial charge on any atom is 0.123 e. The molecule has 0 saturated carbocycles. The standard InChI is InChI=1S/C28H51FN3/c1-5-9-10-17-31-18-15-28(25-11-13-27(29)14-12-25)26(24-31)23-30-16-22-32(19-6-2,20-7-3)21-8-4/h11-14,26,28,30H,5-10,15-24H2,1-4H3/q+1/t26-,28+/m0/s1. The zero-order valence-electron chi connectivity index (χ0n) is 21.6. The van der Waals surface area contributed by atoms with Crippen molar-refractivity contribution >= 4 is 0 Å². The molecule has 1 aliphatic heterocycles. The summed E-state index contributed by atoms with van der Waals surface area (Å²) in [4.78, 5) is 2.67. The summed E-state index contributed by atoms with van der Waals surface area (Å²) in [6.45, 7) is 20.1. The second-order valence-electron chi connectivity index (χ2n) is 10.2. The number of rotatable bonds is 16. The average molecular weight is 449 g/mol. The minimum Gasteiger partial charge on any atom is -0.323 e. The number of quaternary nitrogens is 1. The van der Waals surface area contributed by atoms with Crippen molar-refractivity contribution in [3.8, 4) is 0 Å². The Morgan fingerprint density at radius 1 is 0.906 bits per heavy atom. The van der Waals surface area contributed by atoms with Crippen molar-refractivity contribution in [3.63, 3.8) is 0 Å². The van der Waals surface area contributed by atoms with Crippen molar-refractivity contribution in [1.82, 2.24) is 10.2 Å². The van der Waals surface area contributed by atoms with E-state index in [9.17, 15) is 4.39 Å².